The van der Waals surface area contributed by atoms with Gasteiger partial charge in [-0.25, -0.2) is 0 Å². The van der Waals surface area contributed by atoms with Crippen LogP contribution in [-0.2, 0) is 0 Å². The van der Waals surface area contributed by atoms with E-state index in [2.05, 4.69) is 10.6 Å². The number of nitrogens with one attached hydrogen (secondary N) is 2. The van der Waals surface area contributed by atoms with Crippen LogP contribution in [0.1, 0.15) is 9.67 Å². The minimum atomic E-state index is -0.140. The Morgan fingerprint density at radius 2 is 2.25 bits per heavy atom. The van der Waals surface area contributed by atoms with Gasteiger partial charge in [0.2, 0.25) is 0 Å². The summed E-state index contributed by atoms with van der Waals surface area (Å²) in [5.41, 5.74) is 6.12. The van der Waals surface area contributed by atoms with E-state index in [0.717, 1.165) is 5.00 Å². The first-order chi connectivity index (χ1) is 5.69. The van der Waals surface area contributed by atoms with Crippen molar-refractivity contribution in [2.24, 2.45) is 0 Å². The summed E-state index contributed by atoms with van der Waals surface area (Å²) in [6.07, 6.45) is 0. The van der Waals surface area contributed by atoms with E-state index in [1.165, 1.54) is 11.3 Å². The molecule has 0 unspecified atom stereocenters. The Labute approximate surface area is 74.8 Å². The fourth-order valence-corrected chi connectivity index (χ4v) is 1.70. The van der Waals surface area contributed by atoms with E-state index >= 15 is 0 Å². The minimum Gasteiger partial charge on any atom is -0.397 e. The molecule has 1 aromatic heterocycles. The molecule has 0 bridgehead atoms. The number of nitrogens with two attached hydrogens (primary N) is 1. The SMILES string of the molecule is CNC(=O)c1sc(NC)cc1N. The highest BCUT2D eigenvalue weighted by Gasteiger charge is 2.11. The van der Waals surface area contributed by atoms with Crippen molar-refractivity contribution in [3.8, 4) is 0 Å². The average Bonchev–Trinajstić information content (AvgIpc) is 2.45. The quantitative estimate of drug-likeness (QED) is 0.636. The lowest BCUT2D eigenvalue weighted by Crippen LogP contribution is -2.17. The summed E-state index contributed by atoms with van der Waals surface area (Å²) < 4.78 is 0. The van der Waals surface area contributed by atoms with Crippen LogP contribution in [0.4, 0.5) is 10.7 Å². The fraction of sp³-hybridized carbons (Fsp3) is 0.286. The maximum absolute atomic E-state index is 11.2. The zero-order valence-corrected chi connectivity index (χ0v) is 7.79. The molecule has 0 atom stereocenters. The maximum Gasteiger partial charge on any atom is 0.263 e. The highest BCUT2D eigenvalue weighted by molar-refractivity contribution is 7.18. The van der Waals surface area contributed by atoms with Gasteiger partial charge in [0.25, 0.3) is 5.91 Å². The van der Waals surface area contributed by atoms with Gasteiger partial charge in [0.15, 0.2) is 0 Å². The largest absolute Gasteiger partial charge is 0.397 e. The molecule has 1 rings (SSSR count). The first kappa shape index (κ1) is 8.86. The molecule has 1 heterocycles. The number of carbonyl (C=O) groups is 1. The molecular weight excluding hydrogens is 174 g/mol. The molecule has 0 aromatic carbocycles. The molecule has 4 nitrogen and oxygen atoms in total. The number of amides is 1. The van der Waals surface area contributed by atoms with Crippen LogP contribution in [0, 0.1) is 0 Å². The standard InChI is InChI=1S/C7H11N3OS/c1-9-5-3-4(8)6(12-5)7(11)10-2/h3,9H,8H2,1-2H3,(H,10,11). The molecule has 4 N–H and O–H groups in total. The maximum atomic E-state index is 11.2. The van der Waals surface area contributed by atoms with Crippen LogP contribution in [0.5, 0.6) is 0 Å². The first-order valence-electron chi connectivity index (χ1n) is 3.48. The highest BCUT2D eigenvalue weighted by atomic mass is 32.1. The van der Waals surface area contributed by atoms with Gasteiger partial charge in [-0.1, -0.05) is 0 Å². The molecule has 0 spiro atoms. The third-order valence-corrected chi connectivity index (χ3v) is 2.61. The highest BCUT2D eigenvalue weighted by Crippen LogP contribution is 2.28. The third-order valence-electron chi connectivity index (χ3n) is 1.44. The van der Waals surface area contributed by atoms with Gasteiger partial charge in [0, 0.05) is 14.1 Å². The fourth-order valence-electron chi connectivity index (χ4n) is 0.819. The number of hydrogen-bond donors (Lipinski definition) is 3. The molecule has 0 saturated carbocycles. The molecule has 66 valence electrons. The Balaban J connectivity index is 2.99. The van der Waals surface area contributed by atoms with E-state index in [-0.39, 0.29) is 5.91 Å². The van der Waals surface area contributed by atoms with Crippen molar-refractivity contribution < 1.29 is 4.79 Å². The van der Waals surface area contributed by atoms with E-state index in [0.29, 0.717) is 10.6 Å². The first-order valence-corrected chi connectivity index (χ1v) is 4.29. The van der Waals surface area contributed by atoms with Crippen LogP contribution in [-0.4, -0.2) is 20.0 Å². The number of rotatable bonds is 2. The van der Waals surface area contributed by atoms with Gasteiger partial charge in [0.1, 0.15) is 4.88 Å². The van der Waals surface area contributed by atoms with E-state index in [1.807, 2.05) is 0 Å². The molecule has 0 aliphatic rings. The van der Waals surface area contributed by atoms with Crippen molar-refractivity contribution in [3.63, 3.8) is 0 Å². The lowest BCUT2D eigenvalue weighted by Gasteiger charge is -1.95. The summed E-state index contributed by atoms with van der Waals surface area (Å²) in [6.45, 7) is 0. The lowest BCUT2D eigenvalue weighted by atomic mass is 10.4. The van der Waals surface area contributed by atoms with Crippen molar-refractivity contribution in [1.82, 2.24) is 5.32 Å². The zero-order valence-electron chi connectivity index (χ0n) is 6.97. The molecule has 0 radical (unpaired) electrons. The van der Waals surface area contributed by atoms with Crippen LogP contribution in [0.3, 0.4) is 0 Å². The van der Waals surface area contributed by atoms with Crippen molar-refractivity contribution in [2.45, 2.75) is 0 Å². The molecule has 0 saturated heterocycles. The second-order valence-corrected chi connectivity index (χ2v) is 3.28. The van der Waals surface area contributed by atoms with E-state index < -0.39 is 0 Å². The molecule has 12 heavy (non-hydrogen) atoms. The van der Waals surface area contributed by atoms with Crippen molar-refractivity contribution in [1.29, 1.82) is 0 Å². The monoisotopic (exact) mass is 185 g/mol. The van der Waals surface area contributed by atoms with E-state index in [9.17, 15) is 4.79 Å². The van der Waals surface area contributed by atoms with Crippen molar-refractivity contribution in [3.05, 3.63) is 10.9 Å². The normalized spacial score (nSPS) is 9.50. The Morgan fingerprint density at radius 1 is 1.58 bits per heavy atom. The van der Waals surface area contributed by atoms with Crippen molar-refractivity contribution >= 4 is 27.9 Å². The van der Waals surface area contributed by atoms with Gasteiger partial charge < -0.3 is 16.4 Å². The minimum absolute atomic E-state index is 0.140. The molecule has 1 aromatic rings. The van der Waals surface area contributed by atoms with Gasteiger partial charge in [-0.05, 0) is 6.07 Å². The van der Waals surface area contributed by atoms with Gasteiger partial charge in [0.05, 0.1) is 10.7 Å². The van der Waals surface area contributed by atoms with Gasteiger partial charge >= 0.3 is 0 Å². The summed E-state index contributed by atoms with van der Waals surface area (Å²) in [7, 11) is 3.37. The Kier molecular flexibility index (Phi) is 2.54. The summed E-state index contributed by atoms with van der Waals surface area (Å²) in [5, 5.41) is 6.34. The number of anilines is 2. The number of thiophene rings is 1. The third kappa shape index (κ3) is 1.50. The Bertz CT molecular complexity index is 295. The van der Waals surface area contributed by atoms with Gasteiger partial charge in [-0.2, -0.15) is 0 Å². The Morgan fingerprint density at radius 3 is 2.67 bits per heavy atom. The second kappa shape index (κ2) is 3.44. The Hall–Kier alpha value is -1.23. The molecule has 1 amide bonds. The zero-order chi connectivity index (χ0) is 9.14. The second-order valence-electron chi connectivity index (χ2n) is 2.22. The topological polar surface area (TPSA) is 67.2 Å². The molecule has 0 aliphatic carbocycles. The lowest BCUT2D eigenvalue weighted by molar-refractivity contribution is 0.0968. The molecule has 0 aliphatic heterocycles. The molecule has 0 fully saturated rings. The number of nitrogen functional groups attached to an aromatic ring is 1. The van der Waals surface area contributed by atoms with Crippen LogP contribution in [0.2, 0.25) is 0 Å². The predicted molar refractivity (Wildman–Crippen MR) is 51.7 cm³/mol. The summed E-state index contributed by atoms with van der Waals surface area (Å²) >= 11 is 1.34. The number of carbonyl (C=O) groups excluding carboxylic acids is 1. The number of hydrogen-bond acceptors (Lipinski definition) is 4. The van der Waals surface area contributed by atoms with E-state index in [1.54, 1.807) is 20.2 Å². The predicted octanol–water partition coefficient (Wildman–Crippen LogP) is 0.732. The average molecular weight is 185 g/mol. The van der Waals surface area contributed by atoms with Crippen molar-refractivity contribution in [2.75, 3.05) is 25.1 Å². The molecular formula is C7H11N3OS. The van der Waals surface area contributed by atoms with Gasteiger partial charge in [-0.15, -0.1) is 11.3 Å². The van der Waals surface area contributed by atoms with Gasteiger partial charge in [-0.3, -0.25) is 4.79 Å². The van der Waals surface area contributed by atoms with Crippen LogP contribution >= 0.6 is 11.3 Å². The molecule has 5 heteroatoms. The summed E-state index contributed by atoms with van der Waals surface area (Å²) in [4.78, 5) is 11.7. The van der Waals surface area contributed by atoms with Crippen LogP contribution in [0.25, 0.3) is 0 Å². The van der Waals surface area contributed by atoms with Crippen LogP contribution in [0.15, 0.2) is 6.07 Å². The smallest absolute Gasteiger partial charge is 0.263 e. The summed E-state index contributed by atoms with van der Waals surface area (Å²) in [5.74, 6) is -0.140. The summed E-state index contributed by atoms with van der Waals surface area (Å²) in [6, 6.07) is 1.75. The van der Waals surface area contributed by atoms with Crippen LogP contribution < -0.4 is 16.4 Å². The van der Waals surface area contributed by atoms with E-state index in [4.69, 9.17) is 5.73 Å².